The van der Waals surface area contributed by atoms with Gasteiger partial charge in [0, 0.05) is 0 Å². The summed E-state index contributed by atoms with van der Waals surface area (Å²) >= 11 is 0. The first-order valence-electron chi connectivity index (χ1n) is 9.39. The number of hydrogen-bond donors (Lipinski definition) is 4. The number of carbonyl (C=O) groups is 4. The number of benzene rings is 1. The van der Waals surface area contributed by atoms with Gasteiger partial charge in [0.2, 0.25) is 17.7 Å². The number of carbonyl (C=O) groups excluding carboxylic acids is 4. The van der Waals surface area contributed by atoms with E-state index in [9.17, 15) is 24.4 Å². The van der Waals surface area contributed by atoms with E-state index in [0.29, 0.717) is 6.42 Å². The molecule has 0 bridgehead atoms. The minimum atomic E-state index is -0.858. The van der Waals surface area contributed by atoms with Gasteiger partial charge in [0.15, 0.2) is 0 Å². The van der Waals surface area contributed by atoms with Gasteiger partial charge in [-0.3, -0.25) is 30.3 Å². The Balaban J connectivity index is 2.17. The summed E-state index contributed by atoms with van der Waals surface area (Å²) in [5.41, 5.74) is 4.98. The number of nitrogens with zero attached hydrogens (tertiary/aromatic N) is 1. The second-order valence-corrected chi connectivity index (χ2v) is 7.28. The molecule has 1 aliphatic rings. The molecule has 1 aromatic rings. The molecule has 1 aliphatic heterocycles. The minimum Gasteiger partial charge on any atom is -0.289 e. The molecule has 4 N–H and O–H groups in total. The third kappa shape index (κ3) is 6.42. The van der Waals surface area contributed by atoms with Crippen molar-refractivity contribution in [3.05, 3.63) is 42.0 Å². The fraction of sp³-hybridized carbons (Fsp3) is 0.400. The van der Waals surface area contributed by atoms with Crippen LogP contribution in [0.25, 0.3) is 6.08 Å². The van der Waals surface area contributed by atoms with E-state index in [1.54, 1.807) is 11.6 Å². The van der Waals surface area contributed by atoms with Crippen LogP contribution in [0.4, 0.5) is 4.79 Å². The van der Waals surface area contributed by atoms with Gasteiger partial charge in [-0.25, -0.2) is 15.3 Å². The van der Waals surface area contributed by atoms with Gasteiger partial charge in [-0.1, -0.05) is 56.3 Å². The number of amides is 5. The number of urea groups is 1. The molecule has 2 atom stereocenters. The van der Waals surface area contributed by atoms with Gasteiger partial charge in [-0.05, 0) is 24.3 Å². The SMILES string of the molecule is CC(C)C[C@@H](C(=O)NN1CC(=O)NC1=O)[C@H](C/C=C/c1ccccc1)C(=O)NO. The van der Waals surface area contributed by atoms with Crippen molar-refractivity contribution < 1.29 is 24.4 Å². The molecule has 1 heterocycles. The number of hydrazine groups is 1. The van der Waals surface area contributed by atoms with Crippen molar-refractivity contribution in [1.82, 2.24) is 21.2 Å². The van der Waals surface area contributed by atoms with E-state index in [4.69, 9.17) is 0 Å². The van der Waals surface area contributed by atoms with Crippen molar-refractivity contribution in [1.29, 1.82) is 0 Å². The smallest absolute Gasteiger partial charge is 0.289 e. The molecule has 156 valence electrons. The van der Waals surface area contributed by atoms with E-state index < -0.39 is 35.6 Å². The van der Waals surface area contributed by atoms with Gasteiger partial charge in [-0.15, -0.1) is 0 Å². The van der Waals surface area contributed by atoms with Gasteiger partial charge in [0.25, 0.3) is 0 Å². The summed E-state index contributed by atoms with van der Waals surface area (Å²) in [6, 6.07) is 8.74. The van der Waals surface area contributed by atoms with Crippen LogP contribution in [0.5, 0.6) is 0 Å². The lowest BCUT2D eigenvalue weighted by Gasteiger charge is -2.27. The number of rotatable bonds is 9. The summed E-state index contributed by atoms with van der Waals surface area (Å²) in [5, 5.41) is 12.1. The number of imide groups is 1. The number of allylic oxidation sites excluding steroid dienone is 1. The highest BCUT2D eigenvalue weighted by molar-refractivity contribution is 6.02. The molecule has 0 saturated carbocycles. The summed E-state index contributed by atoms with van der Waals surface area (Å²) in [4.78, 5) is 48.2. The van der Waals surface area contributed by atoms with Crippen molar-refractivity contribution in [2.75, 3.05) is 6.54 Å². The number of hydroxylamine groups is 1. The van der Waals surface area contributed by atoms with Crippen molar-refractivity contribution >= 4 is 29.8 Å². The maximum Gasteiger partial charge on any atom is 0.343 e. The van der Waals surface area contributed by atoms with Gasteiger partial charge in [0.1, 0.15) is 6.54 Å². The molecule has 1 saturated heterocycles. The van der Waals surface area contributed by atoms with Crippen LogP contribution < -0.4 is 16.2 Å². The van der Waals surface area contributed by atoms with Crippen LogP contribution in [-0.4, -0.2) is 40.5 Å². The molecular formula is C20H26N4O5. The average Bonchev–Trinajstić information content (AvgIpc) is 3.00. The van der Waals surface area contributed by atoms with Crippen LogP contribution in [-0.2, 0) is 14.4 Å². The Morgan fingerprint density at radius 2 is 1.86 bits per heavy atom. The van der Waals surface area contributed by atoms with E-state index >= 15 is 0 Å². The molecular weight excluding hydrogens is 376 g/mol. The first-order chi connectivity index (χ1) is 13.8. The molecule has 9 nitrogen and oxygen atoms in total. The summed E-state index contributed by atoms with van der Waals surface area (Å²) in [6.07, 6.45) is 4.15. The quantitative estimate of drug-likeness (QED) is 0.282. The summed E-state index contributed by atoms with van der Waals surface area (Å²) in [5.74, 6) is -3.37. The molecule has 2 rings (SSSR count). The summed E-state index contributed by atoms with van der Waals surface area (Å²) < 4.78 is 0. The zero-order chi connectivity index (χ0) is 21.4. The predicted octanol–water partition coefficient (Wildman–Crippen LogP) is 1.46. The molecule has 0 aliphatic carbocycles. The lowest BCUT2D eigenvalue weighted by Crippen LogP contribution is -2.49. The van der Waals surface area contributed by atoms with E-state index in [0.717, 1.165) is 10.6 Å². The van der Waals surface area contributed by atoms with Crippen LogP contribution >= 0.6 is 0 Å². The normalized spacial score (nSPS) is 16.1. The van der Waals surface area contributed by atoms with E-state index in [1.807, 2.05) is 50.3 Å². The van der Waals surface area contributed by atoms with Gasteiger partial charge >= 0.3 is 6.03 Å². The highest BCUT2D eigenvalue weighted by Gasteiger charge is 2.36. The predicted molar refractivity (Wildman–Crippen MR) is 105 cm³/mol. The average molecular weight is 402 g/mol. The van der Waals surface area contributed by atoms with E-state index in [-0.39, 0.29) is 18.9 Å². The van der Waals surface area contributed by atoms with Crippen LogP contribution in [0.2, 0.25) is 0 Å². The van der Waals surface area contributed by atoms with Crippen LogP contribution in [0, 0.1) is 17.8 Å². The first kappa shape index (κ1) is 22.1. The third-order valence-electron chi connectivity index (χ3n) is 4.53. The first-order valence-corrected chi connectivity index (χ1v) is 9.39. The van der Waals surface area contributed by atoms with Gasteiger partial charge in [-0.2, -0.15) is 0 Å². The van der Waals surface area contributed by atoms with Crippen LogP contribution in [0.15, 0.2) is 36.4 Å². The lowest BCUT2D eigenvalue weighted by atomic mass is 9.82. The summed E-state index contributed by atoms with van der Waals surface area (Å²) in [6.45, 7) is 3.52. The van der Waals surface area contributed by atoms with Crippen molar-refractivity contribution in [2.45, 2.75) is 26.7 Å². The summed E-state index contributed by atoms with van der Waals surface area (Å²) in [7, 11) is 0. The fourth-order valence-electron chi connectivity index (χ4n) is 3.16. The Labute approximate surface area is 169 Å². The molecule has 29 heavy (non-hydrogen) atoms. The zero-order valence-electron chi connectivity index (χ0n) is 16.4. The topological polar surface area (TPSA) is 128 Å². The van der Waals surface area contributed by atoms with Crippen molar-refractivity contribution in [3.8, 4) is 0 Å². The second-order valence-electron chi connectivity index (χ2n) is 7.28. The molecule has 0 spiro atoms. The molecule has 0 aromatic heterocycles. The minimum absolute atomic E-state index is 0.0758. The standard InChI is InChI=1S/C20H26N4O5/c1-13(2)11-16(18(26)22-24-12-17(25)21-20(24)28)15(19(27)23-29)10-6-9-14-7-4-3-5-8-14/h3-9,13,15-16,29H,10-12H2,1-2H3,(H,22,26)(H,23,27)(H,21,25,28)/b9-6+/t15-,16+/m0/s1. The van der Waals surface area contributed by atoms with Crippen LogP contribution in [0.3, 0.4) is 0 Å². The number of hydrogen-bond acceptors (Lipinski definition) is 5. The Kier molecular flexibility index (Phi) is 7.90. The molecule has 1 aromatic carbocycles. The maximum absolute atomic E-state index is 12.9. The second kappa shape index (κ2) is 10.4. The fourth-order valence-corrected chi connectivity index (χ4v) is 3.16. The van der Waals surface area contributed by atoms with Crippen molar-refractivity contribution in [3.63, 3.8) is 0 Å². The van der Waals surface area contributed by atoms with E-state index in [1.165, 1.54) is 0 Å². The third-order valence-corrected chi connectivity index (χ3v) is 4.53. The largest absolute Gasteiger partial charge is 0.343 e. The molecule has 1 fully saturated rings. The molecule has 9 heteroatoms. The Morgan fingerprint density at radius 3 is 2.41 bits per heavy atom. The molecule has 5 amide bonds. The van der Waals surface area contributed by atoms with Gasteiger partial charge < -0.3 is 0 Å². The van der Waals surface area contributed by atoms with Crippen LogP contribution in [0.1, 0.15) is 32.3 Å². The van der Waals surface area contributed by atoms with E-state index in [2.05, 4.69) is 10.7 Å². The Hall–Kier alpha value is -3.20. The Bertz CT molecular complexity index is 778. The monoisotopic (exact) mass is 402 g/mol. The maximum atomic E-state index is 12.9. The number of nitrogens with one attached hydrogen (secondary N) is 3. The van der Waals surface area contributed by atoms with Crippen molar-refractivity contribution in [2.24, 2.45) is 17.8 Å². The van der Waals surface area contributed by atoms with Gasteiger partial charge in [0.05, 0.1) is 11.8 Å². The molecule has 0 unspecified atom stereocenters. The zero-order valence-corrected chi connectivity index (χ0v) is 16.4. The Morgan fingerprint density at radius 1 is 1.17 bits per heavy atom. The highest BCUT2D eigenvalue weighted by Crippen LogP contribution is 2.25. The highest BCUT2D eigenvalue weighted by atomic mass is 16.5. The molecule has 0 radical (unpaired) electrons. The lowest BCUT2D eigenvalue weighted by molar-refractivity contribution is -0.142.